The number of carbonyl (C=O) groups is 1. The lowest BCUT2D eigenvalue weighted by Crippen LogP contribution is -2.04. The first-order chi connectivity index (χ1) is 3.72. The Morgan fingerprint density at radius 2 is 2.38 bits per heavy atom. The van der Waals surface area contributed by atoms with Crippen molar-refractivity contribution in [3.63, 3.8) is 0 Å². The van der Waals surface area contributed by atoms with Crippen LogP contribution in [-0.4, -0.2) is 19.8 Å². The summed E-state index contributed by atoms with van der Waals surface area (Å²) in [5.41, 5.74) is -0.146. The van der Waals surface area contributed by atoms with Crippen LogP contribution in [0.25, 0.3) is 0 Å². The number of methoxy groups -OCH3 is 1. The molecule has 0 heterocycles. The van der Waals surface area contributed by atoms with Gasteiger partial charge in [0.1, 0.15) is 6.67 Å². The highest BCUT2D eigenvalue weighted by molar-refractivity contribution is 5.87. The van der Waals surface area contributed by atoms with Crippen molar-refractivity contribution in [3.05, 3.63) is 12.2 Å². The zero-order valence-electron chi connectivity index (χ0n) is 4.61. The fraction of sp³-hybridized carbons (Fsp3) is 0.400. The van der Waals surface area contributed by atoms with E-state index in [1.54, 1.807) is 0 Å². The van der Waals surface area contributed by atoms with E-state index in [1.165, 1.54) is 7.11 Å². The number of halogens is 1. The van der Waals surface area contributed by atoms with Crippen molar-refractivity contribution in [1.82, 2.24) is 0 Å². The summed E-state index contributed by atoms with van der Waals surface area (Å²) in [5, 5.41) is 0. The number of hydrogen-bond donors (Lipinski definition) is 0. The molecule has 0 bridgehead atoms. The molecule has 0 radical (unpaired) electrons. The molecule has 0 aliphatic heterocycles. The molecule has 0 saturated carbocycles. The van der Waals surface area contributed by atoms with Gasteiger partial charge in [0.25, 0.3) is 0 Å². The summed E-state index contributed by atoms with van der Waals surface area (Å²) in [6.45, 7) is 2.25. The van der Waals surface area contributed by atoms with Crippen molar-refractivity contribution in [3.8, 4) is 0 Å². The van der Waals surface area contributed by atoms with Gasteiger partial charge in [0.05, 0.1) is 12.7 Å². The molecule has 0 aromatic heterocycles. The van der Waals surface area contributed by atoms with Gasteiger partial charge in [-0.15, -0.1) is 0 Å². The van der Waals surface area contributed by atoms with Crippen LogP contribution in [0.15, 0.2) is 12.2 Å². The molecule has 0 N–H and O–H groups in total. The quantitative estimate of drug-likeness (QED) is 0.393. The molecule has 46 valence electrons. The van der Waals surface area contributed by atoms with Crippen LogP contribution in [0.5, 0.6) is 0 Å². The van der Waals surface area contributed by atoms with Gasteiger partial charge in [0.15, 0.2) is 0 Å². The summed E-state index contributed by atoms with van der Waals surface area (Å²) in [6.07, 6.45) is 0. The first kappa shape index (κ1) is 7.14. The highest BCUT2D eigenvalue weighted by atomic mass is 19.1. The first-order valence-corrected chi connectivity index (χ1v) is 2.04. The number of carbonyl (C=O) groups excluding carboxylic acids is 1. The van der Waals surface area contributed by atoms with Gasteiger partial charge in [-0.25, -0.2) is 9.18 Å². The third-order valence-electron chi connectivity index (χ3n) is 0.635. The third-order valence-corrected chi connectivity index (χ3v) is 0.635. The van der Waals surface area contributed by atoms with Crippen molar-refractivity contribution < 1.29 is 13.9 Å². The van der Waals surface area contributed by atoms with E-state index in [0.29, 0.717) is 0 Å². The molecule has 0 fully saturated rings. The summed E-state index contributed by atoms with van der Waals surface area (Å²) >= 11 is 0. The molecule has 0 aliphatic rings. The molecule has 0 saturated heterocycles. The highest BCUT2D eigenvalue weighted by Gasteiger charge is 2.03. The molecule has 0 amide bonds. The molecule has 0 unspecified atom stereocenters. The van der Waals surface area contributed by atoms with Crippen LogP contribution < -0.4 is 0 Å². The fourth-order valence-corrected chi connectivity index (χ4v) is 0.199. The molecule has 0 atom stereocenters. The Hall–Kier alpha value is -0.860. The molecular weight excluding hydrogens is 111 g/mol. The van der Waals surface area contributed by atoms with Gasteiger partial charge in [0, 0.05) is 0 Å². The van der Waals surface area contributed by atoms with Crippen LogP contribution in [0, 0.1) is 0 Å². The monoisotopic (exact) mass is 118 g/mol. The van der Waals surface area contributed by atoms with E-state index in [0.717, 1.165) is 0 Å². The maximum atomic E-state index is 11.4. The zero-order valence-corrected chi connectivity index (χ0v) is 4.61. The van der Waals surface area contributed by atoms with E-state index in [4.69, 9.17) is 0 Å². The van der Waals surface area contributed by atoms with E-state index >= 15 is 0 Å². The number of ether oxygens (including phenoxy) is 1. The molecule has 0 aromatic rings. The van der Waals surface area contributed by atoms with Crippen molar-refractivity contribution in [2.45, 2.75) is 0 Å². The number of rotatable bonds is 2. The molecule has 0 aliphatic carbocycles. The Morgan fingerprint density at radius 3 is 2.50 bits per heavy atom. The molecule has 0 rings (SSSR count). The minimum absolute atomic E-state index is 0.146. The molecule has 8 heavy (non-hydrogen) atoms. The average molecular weight is 118 g/mol. The summed E-state index contributed by atoms with van der Waals surface area (Å²) in [4.78, 5) is 10.2. The van der Waals surface area contributed by atoms with Crippen molar-refractivity contribution >= 4 is 5.97 Å². The van der Waals surface area contributed by atoms with Gasteiger partial charge in [-0.3, -0.25) is 0 Å². The second-order valence-corrected chi connectivity index (χ2v) is 1.23. The Labute approximate surface area is 47.0 Å². The van der Waals surface area contributed by atoms with Gasteiger partial charge in [-0.05, 0) is 0 Å². The highest BCUT2D eigenvalue weighted by Crippen LogP contribution is 1.91. The van der Waals surface area contributed by atoms with E-state index in [2.05, 4.69) is 11.3 Å². The maximum Gasteiger partial charge on any atom is 0.335 e. The van der Waals surface area contributed by atoms with Crippen molar-refractivity contribution in [2.24, 2.45) is 0 Å². The molecule has 2 nitrogen and oxygen atoms in total. The molecular formula is C5H7FO2. The van der Waals surface area contributed by atoms with Gasteiger partial charge in [0.2, 0.25) is 0 Å². The van der Waals surface area contributed by atoms with Crippen LogP contribution in [-0.2, 0) is 9.53 Å². The topological polar surface area (TPSA) is 26.3 Å². The largest absolute Gasteiger partial charge is 0.466 e. The second kappa shape index (κ2) is 3.18. The summed E-state index contributed by atoms with van der Waals surface area (Å²) < 4.78 is 15.5. The molecule has 0 spiro atoms. The predicted molar refractivity (Wildman–Crippen MR) is 27.1 cm³/mol. The summed E-state index contributed by atoms with van der Waals surface area (Å²) in [5.74, 6) is -0.688. The van der Waals surface area contributed by atoms with Gasteiger partial charge in [-0.2, -0.15) is 0 Å². The van der Waals surface area contributed by atoms with Crippen LogP contribution >= 0.6 is 0 Å². The maximum absolute atomic E-state index is 11.4. The lowest BCUT2D eigenvalue weighted by molar-refractivity contribution is -0.136. The molecule has 0 aromatic carbocycles. The van der Waals surface area contributed by atoms with Crippen LogP contribution in [0.3, 0.4) is 0 Å². The van der Waals surface area contributed by atoms with E-state index in [-0.39, 0.29) is 5.57 Å². The minimum atomic E-state index is -0.841. The average Bonchev–Trinajstić information content (AvgIpc) is 1.84. The van der Waals surface area contributed by atoms with Gasteiger partial charge in [-0.1, -0.05) is 6.58 Å². The van der Waals surface area contributed by atoms with Gasteiger partial charge >= 0.3 is 5.97 Å². The Morgan fingerprint density at radius 1 is 1.88 bits per heavy atom. The normalized spacial score (nSPS) is 8.25. The van der Waals surface area contributed by atoms with Crippen LogP contribution in [0.2, 0.25) is 0 Å². The van der Waals surface area contributed by atoms with E-state index in [1.807, 2.05) is 0 Å². The van der Waals surface area contributed by atoms with E-state index < -0.39 is 12.6 Å². The lowest BCUT2D eigenvalue weighted by Gasteiger charge is -1.94. The SMILES string of the molecule is C=C(CF)C(=O)OC. The first-order valence-electron chi connectivity index (χ1n) is 2.04. The standard InChI is InChI=1S/C5H7FO2/c1-4(3-6)5(7)8-2/h1,3H2,2H3. The molecule has 3 heteroatoms. The Balaban J connectivity index is 3.64. The number of esters is 1. The van der Waals surface area contributed by atoms with E-state index in [9.17, 15) is 9.18 Å². The minimum Gasteiger partial charge on any atom is -0.466 e. The number of hydrogen-bond acceptors (Lipinski definition) is 2. The van der Waals surface area contributed by atoms with Crippen molar-refractivity contribution in [2.75, 3.05) is 13.8 Å². The third kappa shape index (κ3) is 1.73. The zero-order chi connectivity index (χ0) is 6.57. The summed E-state index contributed by atoms with van der Waals surface area (Å²) in [6, 6.07) is 0. The Bertz CT molecular complexity index is 95.0. The Kier molecular flexibility index (Phi) is 2.84. The summed E-state index contributed by atoms with van der Waals surface area (Å²) in [7, 11) is 1.18. The van der Waals surface area contributed by atoms with Gasteiger partial charge < -0.3 is 4.74 Å². The van der Waals surface area contributed by atoms with Crippen LogP contribution in [0.1, 0.15) is 0 Å². The predicted octanol–water partition coefficient (Wildman–Crippen LogP) is 0.685. The van der Waals surface area contributed by atoms with Crippen LogP contribution in [0.4, 0.5) is 4.39 Å². The number of alkyl halides is 1. The van der Waals surface area contributed by atoms with Crippen molar-refractivity contribution in [1.29, 1.82) is 0 Å². The smallest absolute Gasteiger partial charge is 0.335 e. The lowest BCUT2D eigenvalue weighted by atomic mass is 10.3. The fourth-order valence-electron chi connectivity index (χ4n) is 0.199. The second-order valence-electron chi connectivity index (χ2n) is 1.23.